The van der Waals surface area contributed by atoms with Crippen molar-refractivity contribution >= 4 is 12.2 Å². The lowest BCUT2D eigenvalue weighted by Crippen LogP contribution is -2.30. The molecule has 3 heterocycles. The van der Waals surface area contributed by atoms with Gasteiger partial charge >= 0.3 is 0 Å². The van der Waals surface area contributed by atoms with E-state index in [1.165, 1.54) is 18.2 Å². The van der Waals surface area contributed by atoms with Crippen molar-refractivity contribution in [3.8, 4) is 22.8 Å². The third-order valence-electron chi connectivity index (χ3n) is 4.77. The molecule has 0 aliphatic carbocycles. The number of pyridine rings is 1. The van der Waals surface area contributed by atoms with Crippen LogP contribution in [0, 0.1) is 12.7 Å². The van der Waals surface area contributed by atoms with Gasteiger partial charge in [-0.25, -0.2) is 14.4 Å². The van der Waals surface area contributed by atoms with Gasteiger partial charge in [-0.3, -0.25) is 9.78 Å². The van der Waals surface area contributed by atoms with E-state index in [0.717, 1.165) is 22.8 Å². The summed E-state index contributed by atoms with van der Waals surface area (Å²) in [5.41, 5.74) is 9.59. The number of anilines is 1. The number of nitrogen functional groups attached to an aromatic ring is 1. The van der Waals surface area contributed by atoms with Gasteiger partial charge in [-0.15, -0.1) is 0 Å². The summed E-state index contributed by atoms with van der Waals surface area (Å²) in [7, 11) is 0. The number of benzene rings is 1. The van der Waals surface area contributed by atoms with Gasteiger partial charge in [-0.2, -0.15) is 0 Å². The van der Waals surface area contributed by atoms with Crippen LogP contribution in [0.2, 0.25) is 0 Å². The monoisotopic (exact) mass is 436 g/mol. The lowest BCUT2D eigenvalue weighted by Gasteiger charge is -2.26. The molecule has 0 spiro atoms. The largest absolute Gasteiger partial charge is 0.394 e. The first-order chi connectivity index (χ1) is 15.2. The van der Waals surface area contributed by atoms with Crippen LogP contribution < -0.4 is 5.73 Å². The molecule has 0 saturated carbocycles. The molecule has 1 aromatic carbocycles. The standard InChI is InChI=1S/C16H20N6O.C7H5FO/c1-10-5-4-6-11(19-10)13-14(21-15(17)20-13)12-7-18-9-22(12)16(2,3)8-23;8-7-3-1-2-6(4-7)5-9/h4-7,9,23H,8H2,1-3H3,(H3,17,20,21);1-5H. The Kier molecular flexibility index (Phi) is 6.79. The molecular weight excluding hydrogens is 411 g/mol. The SMILES string of the molecule is Cc1cccc(-c2nc(N)[nH]c2-c2cncn2C(C)(C)CO)n1.O=Cc1cccc(F)c1. The van der Waals surface area contributed by atoms with Crippen LogP contribution in [0.15, 0.2) is 55.0 Å². The summed E-state index contributed by atoms with van der Waals surface area (Å²) in [5.74, 6) is -0.0625. The maximum Gasteiger partial charge on any atom is 0.198 e. The number of hydrogen-bond acceptors (Lipinski definition) is 6. The van der Waals surface area contributed by atoms with Crippen molar-refractivity contribution in [1.29, 1.82) is 0 Å². The van der Waals surface area contributed by atoms with Crippen LogP contribution in [0.3, 0.4) is 0 Å². The smallest absolute Gasteiger partial charge is 0.198 e. The Balaban J connectivity index is 0.000000269. The highest BCUT2D eigenvalue weighted by atomic mass is 19.1. The van der Waals surface area contributed by atoms with Gasteiger partial charge in [0.15, 0.2) is 5.95 Å². The fraction of sp³-hybridized carbons (Fsp3) is 0.217. The van der Waals surface area contributed by atoms with Crippen LogP contribution in [0.4, 0.5) is 10.3 Å². The highest BCUT2D eigenvalue weighted by Gasteiger charge is 2.25. The predicted octanol–water partition coefficient (Wildman–Crippen LogP) is 3.59. The van der Waals surface area contributed by atoms with Gasteiger partial charge in [0.1, 0.15) is 17.8 Å². The number of aromatic nitrogens is 5. The molecule has 0 unspecified atom stereocenters. The van der Waals surface area contributed by atoms with E-state index in [9.17, 15) is 14.3 Å². The fourth-order valence-electron chi connectivity index (χ4n) is 3.06. The second-order valence-corrected chi connectivity index (χ2v) is 7.80. The van der Waals surface area contributed by atoms with Gasteiger partial charge in [0, 0.05) is 11.3 Å². The van der Waals surface area contributed by atoms with Gasteiger partial charge in [0.05, 0.1) is 41.8 Å². The molecule has 4 rings (SSSR count). The predicted molar refractivity (Wildman–Crippen MR) is 120 cm³/mol. The normalized spacial score (nSPS) is 11.0. The van der Waals surface area contributed by atoms with E-state index in [1.54, 1.807) is 18.6 Å². The van der Waals surface area contributed by atoms with Crippen molar-refractivity contribution in [3.05, 3.63) is 72.1 Å². The molecule has 166 valence electrons. The number of carbonyl (C=O) groups excluding carboxylic acids is 1. The Labute approximate surface area is 185 Å². The summed E-state index contributed by atoms with van der Waals surface area (Å²) in [5, 5.41) is 9.65. The summed E-state index contributed by atoms with van der Waals surface area (Å²) in [6, 6.07) is 11.3. The molecule has 0 amide bonds. The third kappa shape index (κ3) is 5.06. The maximum atomic E-state index is 12.2. The van der Waals surface area contributed by atoms with Crippen molar-refractivity contribution in [3.63, 3.8) is 0 Å². The molecule has 32 heavy (non-hydrogen) atoms. The van der Waals surface area contributed by atoms with Crippen LogP contribution in [0.5, 0.6) is 0 Å². The van der Waals surface area contributed by atoms with Crippen LogP contribution >= 0.6 is 0 Å². The van der Waals surface area contributed by atoms with E-state index in [1.807, 2.05) is 43.5 Å². The molecule has 0 radical (unpaired) electrons. The number of aromatic amines is 1. The van der Waals surface area contributed by atoms with Crippen molar-refractivity contribution in [2.75, 3.05) is 12.3 Å². The van der Waals surface area contributed by atoms with Crippen LogP contribution in [0.1, 0.15) is 29.9 Å². The number of nitrogens with two attached hydrogens (primary N) is 1. The highest BCUT2D eigenvalue weighted by Crippen LogP contribution is 2.32. The minimum Gasteiger partial charge on any atom is -0.394 e. The molecule has 0 fully saturated rings. The van der Waals surface area contributed by atoms with Crippen molar-refractivity contribution in [2.24, 2.45) is 0 Å². The summed E-state index contributed by atoms with van der Waals surface area (Å²) >= 11 is 0. The molecule has 0 bridgehead atoms. The van der Waals surface area contributed by atoms with E-state index in [0.29, 0.717) is 23.5 Å². The van der Waals surface area contributed by atoms with Crippen LogP contribution in [-0.2, 0) is 5.54 Å². The Hall–Kier alpha value is -3.85. The maximum absolute atomic E-state index is 12.2. The average Bonchev–Trinajstić information content (AvgIpc) is 3.41. The first kappa shape index (κ1) is 22.8. The minimum atomic E-state index is -0.497. The van der Waals surface area contributed by atoms with E-state index >= 15 is 0 Å². The number of aliphatic hydroxyl groups excluding tert-OH is 1. The van der Waals surface area contributed by atoms with Gasteiger partial charge in [-0.1, -0.05) is 18.2 Å². The quantitative estimate of drug-likeness (QED) is 0.411. The first-order valence-corrected chi connectivity index (χ1v) is 9.89. The number of aryl methyl sites for hydroxylation is 1. The molecule has 4 aromatic rings. The molecule has 3 aromatic heterocycles. The first-order valence-electron chi connectivity index (χ1n) is 9.89. The van der Waals surface area contributed by atoms with Gasteiger partial charge in [-0.05, 0) is 45.0 Å². The van der Waals surface area contributed by atoms with Crippen molar-refractivity contribution in [1.82, 2.24) is 24.5 Å². The molecule has 4 N–H and O–H groups in total. The lowest BCUT2D eigenvalue weighted by molar-refractivity contribution is 0.112. The molecule has 0 aliphatic heterocycles. The number of nitrogens with one attached hydrogen (secondary N) is 1. The molecule has 8 nitrogen and oxygen atoms in total. The Bertz CT molecular complexity index is 1210. The van der Waals surface area contributed by atoms with Gasteiger partial charge in [0.2, 0.25) is 0 Å². The van der Waals surface area contributed by atoms with Crippen molar-refractivity contribution < 1.29 is 14.3 Å². The van der Waals surface area contributed by atoms with Crippen LogP contribution in [0.25, 0.3) is 22.8 Å². The number of H-pyrrole nitrogens is 1. The van der Waals surface area contributed by atoms with Crippen molar-refractivity contribution in [2.45, 2.75) is 26.3 Å². The Morgan fingerprint density at radius 3 is 2.59 bits per heavy atom. The van der Waals surface area contributed by atoms with E-state index in [2.05, 4.69) is 19.9 Å². The number of rotatable bonds is 5. The molecule has 0 atom stereocenters. The fourth-order valence-corrected chi connectivity index (χ4v) is 3.06. The third-order valence-corrected chi connectivity index (χ3v) is 4.77. The number of hydrogen-bond donors (Lipinski definition) is 3. The summed E-state index contributed by atoms with van der Waals surface area (Å²) in [6.45, 7) is 5.78. The average molecular weight is 436 g/mol. The second kappa shape index (κ2) is 9.52. The zero-order chi connectivity index (χ0) is 23.3. The number of aliphatic hydroxyl groups is 1. The van der Waals surface area contributed by atoms with E-state index in [-0.39, 0.29) is 12.4 Å². The number of nitrogens with zero attached hydrogens (tertiary/aromatic N) is 4. The number of aldehydes is 1. The van der Waals surface area contributed by atoms with Gasteiger partial charge in [0.25, 0.3) is 0 Å². The zero-order valence-electron chi connectivity index (χ0n) is 18.1. The number of halogens is 1. The topological polar surface area (TPSA) is 123 Å². The molecular formula is C23H25FN6O2. The highest BCUT2D eigenvalue weighted by molar-refractivity contribution is 5.76. The van der Waals surface area contributed by atoms with E-state index < -0.39 is 5.54 Å². The summed E-state index contributed by atoms with van der Waals surface area (Å²) in [4.78, 5) is 26.2. The van der Waals surface area contributed by atoms with Gasteiger partial charge < -0.3 is 20.4 Å². The summed E-state index contributed by atoms with van der Waals surface area (Å²) in [6.07, 6.45) is 4.03. The number of imidazole rings is 2. The molecule has 0 aliphatic rings. The lowest BCUT2D eigenvalue weighted by atomic mass is 10.1. The Morgan fingerprint density at radius 1 is 1.22 bits per heavy atom. The van der Waals surface area contributed by atoms with E-state index in [4.69, 9.17) is 5.73 Å². The van der Waals surface area contributed by atoms with Crippen LogP contribution in [-0.4, -0.2) is 42.5 Å². The minimum absolute atomic E-state index is 0.0159. The number of carbonyl (C=O) groups is 1. The Morgan fingerprint density at radius 2 is 1.97 bits per heavy atom. The second-order valence-electron chi connectivity index (χ2n) is 7.80. The molecule has 0 saturated heterocycles. The zero-order valence-corrected chi connectivity index (χ0v) is 18.1. The molecule has 9 heteroatoms. The summed E-state index contributed by atoms with van der Waals surface area (Å²) < 4.78 is 14.1.